The van der Waals surface area contributed by atoms with Gasteiger partial charge in [0.1, 0.15) is 0 Å². The van der Waals surface area contributed by atoms with Crippen LogP contribution in [0.25, 0.3) is 0 Å². The Bertz CT molecular complexity index is 356. The van der Waals surface area contributed by atoms with Gasteiger partial charge in [0.05, 0.1) is 5.54 Å². The third-order valence-corrected chi connectivity index (χ3v) is 3.39. The van der Waals surface area contributed by atoms with E-state index in [1.54, 1.807) is 6.92 Å². The zero-order valence-electron chi connectivity index (χ0n) is 9.88. The van der Waals surface area contributed by atoms with Crippen LogP contribution in [0.15, 0.2) is 30.3 Å². The van der Waals surface area contributed by atoms with E-state index in [1.807, 2.05) is 30.3 Å². The number of rotatable bonds is 2. The highest BCUT2D eigenvalue weighted by atomic mass is 35.5. The van der Waals surface area contributed by atoms with Gasteiger partial charge in [0.25, 0.3) is 5.92 Å². The maximum atomic E-state index is 13.9. The molecule has 0 radical (unpaired) electrons. The average molecular weight is 262 g/mol. The molecule has 0 spiro atoms. The van der Waals surface area contributed by atoms with E-state index in [-0.39, 0.29) is 18.8 Å². The van der Waals surface area contributed by atoms with Crippen LogP contribution in [0, 0.1) is 0 Å². The van der Waals surface area contributed by atoms with Gasteiger partial charge in [-0.25, -0.2) is 8.78 Å². The van der Waals surface area contributed by atoms with Gasteiger partial charge in [-0.2, -0.15) is 0 Å². The topological polar surface area (TPSA) is 12.0 Å². The van der Waals surface area contributed by atoms with E-state index in [2.05, 4.69) is 5.32 Å². The molecule has 1 fully saturated rings. The van der Waals surface area contributed by atoms with Crippen LogP contribution >= 0.6 is 12.4 Å². The van der Waals surface area contributed by atoms with Crippen LogP contribution in [0.5, 0.6) is 0 Å². The van der Waals surface area contributed by atoms with Gasteiger partial charge < -0.3 is 5.32 Å². The first-order valence-corrected chi connectivity index (χ1v) is 5.70. The largest absolute Gasteiger partial charge is 0.306 e. The van der Waals surface area contributed by atoms with Gasteiger partial charge in [0.2, 0.25) is 0 Å². The normalized spacial score (nSPS) is 27.2. The maximum absolute atomic E-state index is 13.9. The molecule has 1 unspecified atom stereocenters. The highest BCUT2D eigenvalue weighted by Crippen LogP contribution is 2.38. The van der Waals surface area contributed by atoms with Crippen molar-refractivity contribution in [2.45, 2.75) is 37.6 Å². The van der Waals surface area contributed by atoms with Crippen molar-refractivity contribution in [2.75, 3.05) is 6.54 Å². The first-order valence-electron chi connectivity index (χ1n) is 5.70. The molecule has 1 atom stereocenters. The minimum Gasteiger partial charge on any atom is -0.306 e. The summed E-state index contributed by atoms with van der Waals surface area (Å²) in [7, 11) is 0. The van der Waals surface area contributed by atoms with Crippen molar-refractivity contribution in [3.63, 3.8) is 0 Å². The van der Waals surface area contributed by atoms with Gasteiger partial charge in [-0.3, -0.25) is 0 Å². The van der Waals surface area contributed by atoms with Gasteiger partial charge in [0, 0.05) is 6.42 Å². The first-order chi connectivity index (χ1) is 7.54. The lowest BCUT2D eigenvalue weighted by molar-refractivity contribution is -0.106. The van der Waals surface area contributed by atoms with Crippen LogP contribution in [0.4, 0.5) is 8.78 Å². The van der Waals surface area contributed by atoms with E-state index in [0.717, 1.165) is 5.56 Å². The summed E-state index contributed by atoms with van der Waals surface area (Å²) in [5.41, 5.74) is -0.147. The van der Waals surface area contributed by atoms with Crippen LogP contribution < -0.4 is 5.32 Å². The molecule has 1 aromatic carbocycles. The number of hydrogen-bond donors (Lipinski definition) is 1. The molecule has 1 N–H and O–H groups in total. The molecule has 1 aromatic rings. The lowest BCUT2D eigenvalue weighted by atomic mass is 9.81. The number of alkyl halides is 2. The second kappa shape index (κ2) is 5.32. The molecule has 96 valence electrons. The lowest BCUT2D eigenvalue weighted by Gasteiger charge is -2.42. The standard InChI is InChI=1S/C13H17F2N.ClH/c1-12(10-11-6-3-2-4-7-11)13(14,15)8-5-9-16-12;/h2-4,6-7,16H,5,8-10H2,1H3;1H. The van der Waals surface area contributed by atoms with Crippen LogP contribution in [0.2, 0.25) is 0 Å². The van der Waals surface area contributed by atoms with E-state index in [9.17, 15) is 8.78 Å². The zero-order valence-corrected chi connectivity index (χ0v) is 10.7. The van der Waals surface area contributed by atoms with E-state index in [4.69, 9.17) is 0 Å². The monoisotopic (exact) mass is 261 g/mol. The Hall–Kier alpha value is -0.670. The van der Waals surface area contributed by atoms with Crippen molar-refractivity contribution in [2.24, 2.45) is 0 Å². The third-order valence-electron chi connectivity index (χ3n) is 3.39. The highest BCUT2D eigenvalue weighted by molar-refractivity contribution is 5.85. The summed E-state index contributed by atoms with van der Waals surface area (Å²) in [5, 5.41) is 2.98. The highest BCUT2D eigenvalue weighted by Gasteiger charge is 2.51. The van der Waals surface area contributed by atoms with Gasteiger partial charge in [-0.15, -0.1) is 12.4 Å². The summed E-state index contributed by atoms with van der Waals surface area (Å²) >= 11 is 0. The Morgan fingerprint density at radius 1 is 1.24 bits per heavy atom. The Morgan fingerprint density at radius 2 is 1.88 bits per heavy atom. The fraction of sp³-hybridized carbons (Fsp3) is 0.538. The smallest absolute Gasteiger partial charge is 0.266 e. The molecule has 1 heterocycles. The van der Waals surface area contributed by atoms with Crippen LogP contribution in [-0.2, 0) is 6.42 Å². The molecule has 17 heavy (non-hydrogen) atoms. The van der Waals surface area contributed by atoms with Gasteiger partial charge >= 0.3 is 0 Å². The molecule has 0 bridgehead atoms. The lowest BCUT2D eigenvalue weighted by Crippen LogP contribution is -2.61. The predicted octanol–water partition coefficient (Wildman–Crippen LogP) is 3.43. The maximum Gasteiger partial charge on any atom is 0.266 e. The molecule has 4 heteroatoms. The van der Waals surface area contributed by atoms with E-state index in [1.165, 1.54) is 0 Å². The summed E-state index contributed by atoms with van der Waals surface area (Å²) in [5.74, 6) is -2.62. The van der Waals surface area contributed by atoms with Gasteiger partial charge in [-0.05, 0) is 31.9 Å². The zero-order chi connectivity index (χ0) is 11.6. The van der Waals surface area contributed by atoms with Crippen LogP contribution in [0.3, 0.4) is 0 Å². The van der Waals surface area contributed by atoms with Gasteiger partial charge in [-0.1, -0.05) is 30.3 Å². The number of halogens is 3. The summed E-state index contributed by atoms with van der Waals surface area (Å²) in [4.78, 5) is 0. The fourth-order valence-corrected chi connectivity index (χ4v) is 2.28. The first kappa shape index (κ1) is 14.4. The van der Waals surface area contributed by atoms with Crippen molar-refractivity contribution in [3.8, 4) is 0 Å². The molecule has 0 saturated carbocycles. The van der Waals surface area contributed by atoms with E-state index in [0.29, 0.717) is 19.4 Å². The van der Waals surface area contributed by atoms with E-state index < -0.39 is 11.5 Å². The van der Waals surface area contributed by atoms with Gasteiger partial charge in [0.15, 0.2) is 0 Å². The molecule has 0 amide bonds. The van der Waals surface area contributed by atoms with E-state index >= 15 is 0 Å². The van der Waals surface area contributed by atoms with Crippen LogP contribution in [0.1, 0.15) is 25.3 Å². The van der Waals surface area contributed by atoms with Crippen molar-refractivity contribution in [1.29, 1.82) is 0 Å². The van der Waals surface area contributed by atoms with Crippen molar-refractivity contribution < 1.29 is 8.78 Å². The Kier molecular flexibility index (Phi) is 4.50. The Labute approximate surface area is 107 Å². The molecule has 1 saturated heterocycles. The number of nitrogens with one attached hydrogen (secondary N) is 1. The minimum absolute atomic E-state index is 0. The summed E-state index contributed by atoms with van der Waals surface area (Å²) in [6.45, 7) is 2.30. The molecule has 0 aromatic heterocycles. The minimum atomic E-state index is -2.62. The SMILES string of the molecule is CC1(Cc2ccccc2)NCCCC1(F)F.Cl. The number of hydrogen-bond acceptors (Lipinski definition) is 1. The molecule has 1 aliphatic heterocycles. The summed E-state index contributed by atoms with van der Waals surface area (Å²) in [6.07, 6.45) is 0.918. The third kappa shape index (κ3) is 2.96. The fourth-order valence-electron chi connectivity index (χ4n) is 2.28. The van der Waals surface area contributed by atoms with Crippen molar-refractivity contribution in [3.05, 3.63) is 35.9 Å². The van der Waals surface area contributed by atoms with Crippen LogP contribution in [-0.4, -0.2) is 18.0 Å². The molecule has 0 aliphatic carbocycles. The average Bonchev–Trinajstić information content (AvgIpc) is 2.24. The Morgan fingerprint density at radius 3 is 2.47 bits per heavy atom. The summed E-state index contributed by atoms with van der Waals surface area (Å²) in [6, 6.07) is 9.48. The second-order valence-corrected chi connectivity index (χ2v) is 4.73. The summed E-state index contributed by atoms with van der Waals surface area (Å²) < 4.78 is 27.8. The Balaban J connectivity index is 0.00000144. The van der Waals surface area contributed by atoms with Crippen molar-refractivity contribution >= 4 is 12.4 Å². The molecule has 2 rings (SSSR count). The second-order valence-electron chi connectivity index (χ2n) is 4.73. The molecular formula is C13H18ClF2N. The molecule has 1 nitrogen and oxygen atoms in total. The number of piperidine rings is 1. The predicted molar refractivity (Wildman–Crippen MR) is 68.0 cm³/mol. The quantitative estimate of drug-likeness (QED) is 0.860. The number of benzene rings is 1. The molecular weight excluding hydrogens is 244 g/mol. The van der Waals surface area contributed by atoms with Crippen molar-refractivity contribution in [1.82, 2.24) is 5.32 Å². The molecule has 1 aliphatic rings.